The van der Waals surface area contributed by atoms with Crippen molar-refractivity contribution in [1.29, 1.82) is 0 Å². The summed E-state index contributed by atoms with van der Waals surface area (Å²) in [5, 5.41) is 2.78. The standard InChI is InChI=1S/C12H18N2O3S/c1-4-13-11-7-5-6-8-12(11)18(15,16)17-10-9-14(2)3/h4-8,13H,1,9-10H2,2-3H3. The summed E-state index contributed by atoms with van der Waals surface area (Å²) in [6, 6.07) is 6.54. The van der Waals surface area contributed by atoms with E-state index in [2.05, 4.69) is 11.9 Å². The van der Waals surface area contributed by atoms with Gasteiger partial charge in [0.1, 0.15) is 4.90 Å². The Kier molecular flexibility index (Phi) is 5.33. The van der Waals surface area contributed by atoms with Crippen LogP contribution in [0.3, 0.4) is 0 Å². The van der Waals surface area contributed by atoms with E-state index in [1.165, 1.54) is 12.3 Å². The highest BCUT2D eigenvalue weighted by molar-refractivity contribution is 7.87. The van der Waals surface area contributed by atoms with Crippen molar-refractivity contribution >= 4 is 15.8 Å². The van der Waals surface area contributed by atoms with Crippen molar-refractivity contribution in [3.05, 3.63) is 37.0 Å². The van der Waals surface area contributed by atoms with E-state index < -0.39 is 10.1 Å². The second-order valence-corrected chi connectivity index (χ2v) is 5.51. The zero-order valence-electron chi connectivity index (χ0n) is 10.6. The number of nitrogens with zero attached hydrogens (tertiary/aromatic N) is 1. The van der Waals surface area contributed by atoms with Crippen molar-refractivity contribution in [3.63, 3.8) is 0 Å². The SMILES string of the molecule is C=CNc1ccccc1S(=O)(=O)OCCN(C)C. The van der Waals surface area contributed by atoms with Crippen LogP contribution in [0.1, 0.15) is 0 Å². The van der Waals surface area contributed by atoms with Gasteiger partial charge in [-0.2, -0.15) is 8.42 Å². The lowest BCUT2D eigenvalue weighted by atomic mass is 10.3. The molecule has 0 heterocycles. The summed E-state index contributed by atoms with van der Waals surface area (Å²) in [4.78, 5) is 1.97. The number of anilines is 1. The Balaban J connectivity index is 2.87. The van der Waals surface area contributed by atoms with E-state index in [0.717, 1.165) is 0 Å². The van der Waals surface area contributed by atoms with Gasteiger partial charge in [-0.15, -0.1) is 0 Å². The minimum Gasteiger partial charge on any atom is -0.361 e. The largest absolute Gasteiger partial charge is 0.361 e. The normalized spacial score (nSPS) is 11.5. The Hall–Kier alpha value is -1.37. The quantitative estimate of drug-likeness (QED) is 0.761. The molecule has 1 aromatic rings. The van der Waals surface area contributed by atoms with Crippen molar-refractivity contribution in [2.45, 2.75) is 4.90 Å². The molecule has 0 saturated carbocycles. The van der Waals surface area contributed by atoms with E-state index >= 15 is 0 Å². The highest BCUT2D eigenvalue weighted by Crippen LogP contribution is 2.22. The minimum absolute atomic E-state index is 0.114. The predicted octanol–water partition coefficient (Wildman–Crippen LogP) is 1.51. The Morgan fingerprint density at radius 3 is 2.67 bits per heavy atom. The molecule has 0 aliphatic carbocycles. The summed E-state index contributed by atoms with van der Waals surface area (Å²) < 4.78 is 29.0. The van der Waals surface area contributed by atoms with Gasteiger partial charge in [-0.1, -0.05) is 18.7 Å². The fourth-order valence-electron chi connectivity index (χ4n) is 1.31. The Labute approximate surface area is 108 Å². The molecule has 0 amide bonds. The van der Waals surface area contributed by atoms with E-state index in [-0.39, 0.29) is 11.5 Å². The van der Waals surface area contributed by atoms with Crippen LogP contribution >= 0.6 is 0 Å². The molecule has 0 unspecified atom stereocenters. The minimum atomic E-state index is -3.75. The van der Waals surface area contributed by atoms with Crippen LogP contribution in [0.2, 0.25) is 0 Å². The van der Waals surface area contributed by atoms with Gasteiger partial charge in [0.15, 0.2) is 0 Å². The monoisotopic (exact) mass is 270 g/mol. The molecule has 0 aliphatic heterocycles. The molecular formula is C12H18N2O3S. The molecule has 1 aromatic carbocycles. The average Bonchev–Trinajstić information content (AvgIpc) is 2.29. The third kappa shape index (κ3) is 4.14. The molecule has 0 bridgehead atoms. The van der Waals surface area contributed by atoms with Gasteiger partial charge >= 0.3 is 0 Å². The van der Waals surface area contributed by atoms with E-state index in [9.17, 15) is 8.42 Å². The third-order valence-corrected chi connectivity index (χ3v) is 3.56. The zero-order chi connectivity index (χ0) is 13.6. The van der Waals surface area contributed by atoms with Crippen LogP contribution in [0.15, 0.2) is 41.9 Å². The number of nitrogens with one attached hydrogen (secondary N) is 1. The fraction of sp³-hybridized carbons (Fsp3) is 0.333. The summed E-state index contributed by atoms with van der Waals surface area (Å²) in [5.74, 6) is 0. The van der Waals surface area contributed by atoms with Crippen molar-refractivity contribution in [2.24, 2.45) is 0 Å². The Morgan fingerprint density at radius 1 is 1.39 bits per heavy atom. The molecule has 1 N–H and O–H groups in total. The number of rotatable bonds is 7. The van der Waals surface area contributed by atoms with Crippen molar-refractivity contribution < 1.29 is 12.6 Å². The first-order valence-electron chi connectivity index (χ1n) is 5.48. The molecule has 0 fully saturated rings. The third-order valence-electron chi connectivity index (χ3n) is 2.19. The second kappa shape index (κ2) is 6.53. The van der Waals surface area contributed by atoms with Crippen LogP contribution in [0.5, 0.6) is 0 Å². The summed E-state index contributed by atoms with van der Waals surface area (Å²) >= 11 is 0. The van der Waals surface area contributed by atoms with Crippen molar-refractivity contribution in [3.8, 4) is 0 Å². The molecule has 0 aromatic heterocycles. The van der Waals surface area contributed by atoms with Gasteiger partial charge in [0.05, 0.1) is 12.3 Å². The van der Waals surface area contributed by atoms with Crippen LogP contribution in [-0.2, 0) is 14.3 Å². The molecule has 0 aliphatic rings. The van der Waals surface area contributed by atoms with Gasteiger partial charge < -0.3 is 10.2 Å². The molecule has 0 saturated heterocycles. The van der Waals surface area contributed by atoms with Crippen LogP contribution in [0.4, 0.5) is 5.69 Å². The van der Waals surface area contributed by atoms with Crippen LogP contribution < -0.4 is 5.32 Å². The smallest absolute Gasteiger partial charge is 0.299 e. The molecule has 0 spiro atoms. The number of benzene rings is 1. The Bertz CT molecular complexity index is 498. The summed E-state index contributed by atoms with van der Waals surface area (Å²) in [7, 11) is -0.0450. The van der Waals surface area contributed by atoms with Crippen LogP contribution in [0.25, 0.3) is 0 Å². The number of para-hydroxylation sites is 1. The molecule has 0 radical (unpaired) electrons. The van der Waals surface area contributed by atoms with E-state index in [1.54, 1.807) is 18.2 Å². The highest BCUT2D eigenvalue weighted by atomic mass is 32.2. The molecule has 6 heteroatoms. The topological polar surface area (TPSA) is 58.6 Å². The first-order valence-corrected chi connectivity index (χ1v) is 6.89. The van der Waals surface area contributed by atoms with E-state index in [4.69, 9.17) is 4.18 Å². The maximum absolute atomic E-state index is 12.0. The van der Waals surface area contributed by atoms with E-state index in [0.29, 0.717) is 12.2 Å². The first-order chi connectivity index (χ1) is 8.47. The van der Waals surface area contributed by atoms with Gasteiger partial charge in [0.2, 0.25) is 0 Å². The average molecular weight is 270 g/mol. The zero-order valence-corrected chi connectivity index (χ0v) is 11.4. The maximum atomic E-state index is 12.0. The summed E-state index contributed by atoms with van der Waals surface area (Å²) in [6.07, 6.45) is 1.42. The van der Waals surface area contributed by atoms with Crippen LogP contribution in [0, 0.1) is 0 Å². The highest BCUT2D eigenvalue weighted by Gasteiger charge is 2.18. The molecule has 18 heavy (non-hydrogen) atoms. The molecule has 5 nitrogen and oxygen atoms in total. The summed E-state index contributed by atoms with van der Waals surface area (Å²) in [6.45, 7) is 4.17. The fourth-order valence-corrected chi connectivity index (χ4v) is 2.37. The van der Waals surface area contributed by atoms with Gasteiger partial charge in [0.25, 0.3) is 10.1 Å². The molecular weight excluding hydrogens is 252 g/mol. The van der Waals surface area contributed by atoms with Gasteiger partial charge in [0, 0.05) is 6.54 Å². The summed E-state index contributed by atoms with van der Waals surface area (Å²) in [5.41, 5.74) is 0.456. The lowest BCUT2D eigenvalue weighted by Crippen LogP contribution is -2.20. The number of likely N-dealkylation sites (N-methyl/N-ethyl adjacent to an activating group) is 1. The number of hydrogen-bond donors (Lipinski definition) is 1. The van der Waals surface area contributed by atoms with E-state index in [1.807, 2.05) is 19.0 Å². The van der Waals surface area contributed by atoms with Crippen LogP contribution in [-0.4, -0.2) is 40.6 Å². The number of hydrogen-bond acceptors (Lipinski definition) is 5. The van der Waals surface area contributed by atoms with Gasteiger partial charge in [-0.3, -0.25) is 4.18 Å². The first kappa shape index (κ1) is 14.7. The van der Waals surface area contributed by atoms with Crippen molar-refractivity contribution in [2.75, 3.05) is 32.6 Å². The Morgan fingerprint density at radius 2 is 2.06 bits per heavy atom. The predicted molar refractivity (Wildman–Crippen MR) is 72.0 cm³/mol. The molecule has 1 rings (SSSR count). The van der Waals surface area contributed by atoms with Crippen molar-refractivity contribution in [1.82, 2.24) is 4.90 Å². The second-order valence-electron chi connectivity index (χ2n) is 3.92. The van der Waals surface area contributed by atoms with Gasteiger partial charge in [-0.05, 0) is 32.4 Å². The van der Waals surface area contributed by atoms with Gasteiger partial charge in [-0.25, -0.2) is 0 Å². The maximum Gasteiger partial charge on any atom is 0.299 e. The lowest BCUT2D eigenvalue weighted by Gasteiger charge is -2.12. The lowest BCUT2D eigenvalue weighted by molar-refractivity contribution is 0.265. The molecule has 0 atom stereocenters. The molecule has 100 valence electrons.